The van der Waals surface area contributed by atoms with Crippen LogP contribution in [-0.2, 0) is 42.9 Å². The van der Waals surface area contributed by atoms with Gasteiger partial charge in [-0.2, -0.15) is 0 Å². The molecule has 4 rings (SSSR count). The molecule has 0 spiro atoms. The van der Waals surface area contributed by atoms with Gasteiger partial charge in [0, 0.05) is 63.9 Å². The second-order valence-corrected chi connectivity index (χ2v) is 19.8. The molecule has 1 saturated carbocycles. The zero-order chi connectivity index (χ0) is 48.2. The molecule has 1 amide bonds. The number of aliphatic hydroxyl groups is 4. The third-order valence-corrected chi connectivity index (χ3v) is 14.6. The summed E-state index contributed by atoms with van der Waals surface area (Å²) in [6.07, 6.45) is 11.2. The minimum atomic E-state index is -2.44. The Morgan fingerprint density at radius 3 is 2.28 bits per heavy atom. The monoisotopic (exact) mass is 914 g/mol. The van der Waals surface area contributed by atoms with Gasteiger partial charge in [0.2, 0.25) is 5.79 Å². The molecule has 2 bridgehead atoms. The summed E-state index contributed by atoms with van der Waals surface area (Å²) in [5.41, 5.74) is 1.25. The maximum absolute atomic E-state index is 14.3. The molecule has 3 fully saturated rings. The highest BCUT2D eigenvalue weighted by Crippen LogP contribution is 2.38. The number of hydrogen-bond acceptors (Lipinski definition) is 13. The number of carbonyl (C=O) groups is 5. The van der Waals surface area contributed by atoms with E-state index in [4.69, 9.17) is 18.9 Å². The first-order valence-corrected chi connectivity index (χ1v) is 24.0. The number of carbonyl (C=O) groups excluding carboxylic acids is 5. The number of ketones is 3. The molecule has 0 radical (unpaired) electrons. The van der Waals surface area contributed by atoms with Crippen molar-refractivity contribution in [2.75, 3.05) is 27.4 Å². The number of cyclic esters (lactones) is 1. The van der Waals surface area contributed by atoms with Crippen molar-refractivity contribution < 1.29 is 63.3 Å². The van der Waals surface area contributed by atoms with Crippen LogP contribution in [0.3, 0.4) is 0 Å². The summed E-state index contributed by atoms with van der Waals surface area (Å²) in [5.74, 6) is -8.40. The average molecular weight is 914 g/mol. The minimum absolute atomic E-state index is 0.0144. The van der Waals surface area contributed by atoms with Crippen LogP contribution in [0.25, 0.3) is 0 Å². The van der Waals surface area contributed by atoms with Crippen molar-refractivity contribution in [3.63, 3.8) is 0 Å². The molecule has 14 heteroatoms. The lowest BCUT2D eigenvalue weighted by Crippen LogP contribution is -2.61. The Bertz CT molecular complexity index is 1760. The zero-order valence-electron chi connectivity index (χ0n) is 40.4. The number of methoxy groups -OCH3 is 2. The molecular weight excluding hydrogens is 835 g/mol. The molecule has 0 aromatic heterocycles. The highest BCUT2D eigenvalue weighted by atomic mass is 16.6. The average Bonchev–Trinajstić information content (AvgIpc) is 3.28. The van der Waals surface area contributed by atoms with Crippen LogP contribution in [0.5, 0.6) is 0 Å². The van der Waals surface area contributed by atoms with E-state index in [0.29, 0.717) is 69.8 Å². The lowest BCUT2D eigenvalue weighted by Gasteiger charge is -2.42. The number of nitrogens with zero attached hydrogens (tertiary/aromatic N) is 1. The highest BCUT2D eigenvalue weighted by Gasteiger charge is 2.53. The van der Waals surface area contributed by atoms with E-state index >= 15 is 0 Å². The van der Waals surface area contributed by atoms with Crippen LogP contribution in [0.4, 0.5) is 0 Å². The van der Waals surface area contributed by atoms with Crippen LogP contribution in [-0.4, -0.2) is 130 Å². The van der Waals surface area contributed by atoms with E-state index in [1.807, 2.05) is 58.1 Å². The van der Waals surface area contributed by atoms with Gasteiger partial charge in [0.1, 0.15) is 30.1 Å². The van der Waals surface area contributed by atoms with E-state index in [1.54, 1.807) is 34.0 Å². The number of ether oxygens (including phenoxy) is 4. The topological polar surface area (TPSA) is 206 Å². The molecular formula is C51H79NO13. The van der Waals surface area contributed by atoms with Gasteiger partial charge in [-0.25, -0.2) is 4.79 Å². The molecule has 2 saturated heterocycles. The lowest BCUT2D eigenvalue weighted by atomic mass is 9.75. The van der Waals surface area contributed by atoms with Crippen molar-refractivity contribution in [1.82, 2.24) is 4.90 Å². The molecule has 1 aliphatic carbocycles. The largest absolute Gasteiger partial charge is 0.460 e. The Hall–Kier alpha value is -3.37. The molecule has 0 unspecified atom stereocenters. The van der Waals surface area contributed by atoms with Crippen LogP contribution >= 0.6 is 0 Å². The van der Waals surface area contributed by atoms with Gasteiger partial charge in [0.25, 0.3) is 11.7 Å². The second-order valence-electron chi connectivity index (χ2n) is 19.8. The molecule has 3 heterocycles. The first kappa shape index (κ1) is 54.2. The predicted octanol–water partition coefficient (Wildman–Crippen LogP) is 5.77. The van der Waals surface area contributed by atoms with Gasteiger partial charge in [0.05, 0.1) is 18.3 Å². The number of allylic oxidation sites excluding steroid dienone is 6. The first-order chi connectivity index (χ1) is 30.7. The van der Waals surface area contributed by atoms with Gasteiger partial charge in [-0.05, 0) is 107 Å². The van der Waals surface area contributed by atoms with Crippen LogP contribution in [0.1, 0.15) is 126 Å². The lowest BCUT2D eigenvalue weighted by molar-refractivity contribution is -0.265. The number of piperidine rings is 1. The summed E-state index contributed by atoms with van der Waals surface area (Å²) in [6.45, 7) is 12.5. The standard InChI is InChI=1S/C51H79NO13/c1-30-15-11-10-12-16-31(2)43(62-8)27-39-20-18-36(7)51(61,65-39)48(58)49(59)52-22-14-13-17-40(52)50(60)64-44(33(4)25-37-19-21-41(54)38(26-37)29-53)28-42(55)32(3)24-35(6)46(57)47(63-9)45(56)34(5)23-30/h10-12,15-16,24,30,32-34,36-41,43-44,46-47,53-54,57,61H,13-14,17-23,25-29H2,1-9H3/b12-10+,15-11+,31-16+,35-24+/t30-,32-,33-,34-,36-,37+,38+,39+,40+,41-,43+,44+,46-,47+,51-/m1/s1. The number of aliphatic hydroxyl groups excluding tert-OH is 3. The Balaban J connectivity index is 1.70. The molecule has 4 N–H and O–H groups in total. The van der Waals surface area contributed by atoms with Gasteiger partial charge in [-0.15, -0.1) is 0 Å². The van der Waals surface area contributed by atoms with Crippen molar-refractivity contribution in [2.24, 2.45) is 41.4 Å². The Labute approximate surface area is 386 Å². The van der Waals surface area contributed by atoms with Gasteiger partial charge in [0.15, 0.2) is 5.78 Å². The maximum atomic E-state index is 14.3. The summed E-state index contributed by atoms with van der Waals surface area (Å²) in [5, 5.41) is 43.7. The van der Waals surface area contributed by atoms with E-state index in [1.165, 1.54) is 12.0 Å². The van der Waals surface area contributed by atoms with Gasteiger partial charge < -0.3 is 44.3 Å². The molecule has 65 heavy (non-hydrogen) atoms. The third kappa shape index (κ3) is 14.3. The molecule has 14 nitrogen and oxygen atoms in total. The quantitative estimate of drug-likeness (QED) is 0.142. The van der Waals surface area contributed by atoms with Gasteiger partial charge in [-0.3, -0.25) is 19.2 Å². The first-order valence-electron chi connectivity index (χ1n) is 24.0. The Kier molecular flexibility index (Phi) is 21.0. The van der Waals surface area contributed by atoms with Crippen molar-refractivity contribution in [3.8, 4) is 0 Å². The number of amides is 1. The number of Topliss-reactive ketones (excluding diaryl/α,β-unsaturated/α-hetero) is 3. The van der Waals surface area contributed by atoms with E-state index in [0.717, 1.165) is 5.57 Å². The molecule has 0 aromatic rings. The maximum Gasteiger partial charge on any atom is 0.329 e. The fourth-order valence-corrected chi connectivity index (χ4v) is 10.2. The summed E-state index contributed by atoms with van der Waals surface area (Å²) >= 11 is 0. The summed E-state index contributed by atoms with van der Waals surface area (Å²) < 4.78 is 23.8. The smallest absolute Gasteiger partial charge is 0.329 e. The molecule has 0 aromatic carbocycles. The van der Waals surface area contributed by atoms with Crippen LogP contribution < -0.4 is 0 Å². The van der Waals surface area contributed by atoms with Crippen molar-refractivity contribution in [3.05, 3.63) is 47.6 Å². The van der Waals surface area contributed by atoms with E-state index in [-0.39, 0.29) is 61.2 Å². The molecule has 4 aliphatic rings. The number of rotatable bonds is 6. The van der Waals surface area contributed by atoms with E-state index < -0.39 is 83.9 Å². The zero-order valence-corrected chi connectivity index (χ0v) is 40.4. The van der Waals surface area contributed by atoms with E-state index in [2.05, 4.69) is 0 Å². The number of fused-ring (bicyclic) bond motifs is 3. The number of hydrogen-bond donors (Lipinski definition) is 4. The Morgan fingerprint density at radius 1 is 0.877 bits per heavy atom. The highest BCUT2D eigenvalue weighted by molar-refractivity contribution is 6.39. The Morgan fingerprint density at radius 2 is 1.60 bits per heavy atom. The van der Waals surface area contributed by atoms with Crippen molar-refractivity contribution in [2.45, 2.75) is 174 Å². The van der Waals surface area contributed by atoms with Crippen LogP contribution in [0.2, 0.25) is 0 Å². The SMILES string of the molecule is CO[C@H]1C[C@@H]2CC[C@@H](C)[C@@](O)(O2)C(=O)C(=O)N2CCCC[C@H]2C(=O)O[C@H]([C@H](C)C[C@@H]2CC[C@@H](O)[C@H](CO)C2)CC(=O)[C@H](C)/C=C(\C)[C@@H](O)[C@@H](OC)C(=O)[C@H](C)C[C@H](C)/C=C/C=C/C=C/1C. The fourth-order valence-electron chi connectivity index (χ4n) is 10.2. The molecule has 15 atom stereocenters. The van der Waals surface area contributed by atoms with Crippen molar-refractivity contribution >= 4 is 29.2 Å². The van der Waals surface area contributed by atoms with Crippen LogP contribution in [0, 0.1) is 41.4 Å². The third-order valence-electron chi connectivity index (χ3n) is 14.6. The fraction of sp³-hybridized carbons (Fsp3) is 0.745. The predicted molar refractivity (Wildman–Crippen MR) is 245 cm³/mol. The summed E-state index contributed by atoms with van der Waals surface area (Å²) in [4.78, 5) is 71.7. The van der Waals surface area contributed by atoms with Gasteiger partial charge >= 0.3 is 5.97 Å². The molecule has 366 valence electrons. The second kappa shape index (κ2) is 25.1. The van der Waals surface area contributed by atoms with E-state index in [9.17, 15) is 44.4 Å². The summed E-state index contributed by atoms with van der Waals surface area (Å²) in [7, 11) is 2.94. The van der Waals surface area contributed by atoms with Gasteiger partial charge in [-0.1, -0.05) is 71.1 Å². The summed E-state index contributed by atoms with van der Waals surface area (Å²) in [6, 6.07) is -1.15. The van der Waals surface area contributed by atoms with Crippen molar-refractivity contribution in [1.29, 1.82) is 0 Å². The van der Waals surface area contributed by atoms with Crippen LogP contribution in [0.15, 0.2) is 47.6 Å². The molecule has 3 aliphatic heterocycles. The normalized spacial score (nSPS) is 40.4. The minimum Gasteiger partial charge on any atom is -0.460 e. The number of esters is 1.